The van der Waals surface area contributed by atoms with Crippen LogP contribution in [0.1, 0.15) is 15.2 Å². The third-order valence-corrected chi connectivity index (χ3v) is 8.04. The Labute approximate surface area is 188 Å². The standard InChI is InChI=1S/C24H17N3O3S2/c28-24(21-11-17-9-10-25-14-22(17)31-21)27-12-16-5-7-19(8-6-16)32(29,30)23-15-26-13-18-3-1-2-4-20(18)23/h1-11,13-15H,12H2,(H,27,28). The normalized spacial score (nSPS) is 11.6. The maximum atomic E-state index is 13.2. The number of nitrogens with zero attached hydrogens (tertiary/aromatic N) is 2. The summed E-state index contributed by atoms with van der Waals surface area (Å²) < 4.78 is 27.3. The van der Waals surface area contributed by atoms with Gasteiger partial charge in [-0.15, -0.1) is 11.3 Å². The minimum Gasteiger partial charge on any atom is -0.347 e. The molecule has 0 aliphatic heterocycles. The van der Waals surface area contributed by atoms with Gasteiger partial charge in [0.25, 0.3) is 5.91 Å². The Bertz CT molecular complexity index is 1520. The number of hydrogen-bond acceptors (Lipinski definition) is 6. The number of hydrogen-bond donors (Lipinski definition) is 1. The maximum absolute atomic E-state index is 13.2. The molecule has 1 N–H and O–H groups in total. The first-order valence-electron chi connectivity index (χ1n) is 9.81. The molecule has 2 aromatic carbocycles. The van der Waals surface area contributed by atoms with Gasteiger partial charge in [-0.05, 0) is 35.2 Å². The molecule has 0 saturated heterocycles. The molecule has 0 radical (unpaired) electrons. The molecule has 8 heteroatoms. The van der Waals surface area contributed by atoms with Crippen LogP contribution >= 0.6 is 11.3 Å². The Hall–Kier alpha value is -3.62. The van der Waals surface area contributed by atoms with Gasteiger partial charge in [0.2, 0.25) is 9.84 Å². The zero-order chi connectivity index (χ0) is 22.1. The van der Waals surface area contributed by atoms with Gasteiger partial charge >= 0.3 is 0 Å². The molecule has 0 saturated carbocycles. The summed E-state index contributed by atoms with van der Waals surface area (Å²) in [7, 11) is -3.73. The summed E-state index contributed by atoms with van der Waals surface area (Å²) in [6, 6.07) is 17.5. The second kappa shape index (κ2) is 8.14. The van der Waals surface area contributed by atoms with E-state index in [9.17, 15) is 13.2 Å². The zero-order valence-corrected chi connectivity index (χ0v) is 18.4. The van der Waals surface area contributed by atoms with E-state index in [4.69, 9.17) is 0 Å². The smallest absolute Gasteiger partial charge is 0.261 e. The van der Waals surface area contributed by atoms with Crippen LogP contribution in [0.25, 0.3) is 20.9 Å². The zero-order valence-electron chi connectivity index (χ0n) is 16.7. The van der Waals surface area contributed by atoms with E-state index >= 15 is 0 Å². The third-order valence-electron chi connectivity index (χ3n) is 5.15. The third kappa shape index (κ3) is 3.74. The first kappa shape index (κ1) is 20.3. The van der Waals surface area contributed by atoms with Crippen LogP contribution in [0.15, 0.2) is 95.2 Å². The van der Waals surface area contributed by atoms with E-state index in [2.05, 4.69) is 15.3 Å². The van der Waals surface area contributed by atoms with Crippen LogP contribution in [0.2, 0.25) is 0 Å². The number of pyridine rings is 2. The predicted octanol–water partition coefficient (Wildman–Crippen LogP) is 4.61. The lowest BCUT2D eigenvalue weighted by atomic mass is 10.2. The average molecular weight is 460 g/mol. The van der Waals surface area contributed by atoms with E-state index in [1.165, 1.54) is 17.5 Å². The quantitative estimate of drug-likeness (QED) is 0.415. The fraction of sp³-hybridized carbons (Fsp3) is 0.0417. The van der Waals surface area contributed by atoms with Gasteiger partial charge in [0, 0.05) is 42.1 Å². The van der Waals surface area contributed by atoms with Crippen LogP contribution in [-0.2, 0) is 16.4 Å². The summed E-state index contributed by atoms with van der Waals surface area (Å²) >= 11 is 1.39. The Morgan fingerprint density at radius 1 is 0.906 bits per heavy atom. The molecule has 5 rings (SSSR count). The van der Waals surface area contributed by atoms with E-state index < -0.39 is 9.84 Å². The van der Waals surface area contributed by atoms with Crippen molar-refractivity contribution >= 4 is 47.9 Å². The topological polar surface area (TPSA) is 89.0 Å². The molecule has 3 heterocycles. The minimum absolute atomic E-state index is 0.176. The molecule has 0 aliphatic rings. The number of thiophene rings is 1. The lowest BCUT2D eigenvalue weighted by molar-refractivity contribution is 0.0955. The van der Waals surface area contributed by atoms with Gasteiger partial charge in [-0.3, -0.25) is 14.8 Å². The van der Waals surface area contributed by atoms with Gasteiger partial charge in [-0.1, -0.05) is 36.4 Å². The van der Waals surface area contributed by atoms with Crippen LogP contribution in [0.5, 0.6) is 0 Å². The van der Waals surface area contributed by atoms with Gasteiger partial charge in [-0.2, -0.15) is 0 Å². The summed E-state index contributed by atoms with van der Waals surface area (Å²) in [6.07, 6.45) is 6.46. The van der Waals surface area contributed by atoms with Crippen LogP contribution in [-0.4, -0.2) is 24.3 Å². The molecule has 0 atom stereocenters. The van der Waals surface area contributed by atoms with E-state index in [0.717, 1.165) is 21.0 Å². The van der Waals surface area contributed by atoms with E-state index in [-0.39, 0.29) is 15.7 Å². The number of fused-ring (bicyclic) bond motifs is 2. The predicted molar refractivity (Wildman–Crippen MR) is 124 cm³/mol. The Balaban J connectivity index is 1.34. The van der Waals surface area contributed by atoms with Crippen molar-refractivity contribution in [3.63, 3.8) is 0 Å². The van der Waals surface area contributed by atoms with Gasteiger partial charge in [-0.25, -0.2) is 8.42 Å². The Kier molecular flexibility index (Phi) is 5.16. The molecule has 0 bridgehead atoms. The van der Waals surface area contributed by atoms with Crippen molar-refractivity contribution in [2.24, 2.45) is 0 Å². The molecule has 0 unspecified atom stereocenters. The summed E-state index contributed by atoms with van der Waals surface area (Å²) in [6.45, 7) is 0.293. The first-order chi connectivity index (χ1) is 15.5. The number of carbonyl (C=O) groups is 1. The van der Waals surface area contributed by atoms with Crippen LogP contribution in [0.3, 0.4) is 0 Å². The molecule has 0 fully saturated rings. The number of aromatic nitrogens is 2. The van der Waals surface area contributed by atoms with Crippen LogP contribution < -0.4 is 5.32 Å². The molecule has 1 amide bonds. The van der Waals surface area contributed by atoms with Gasteiger partial charge in [0.1, 0.15) is 0 Å². The summed E-state index contributed by atoms with van der Waals surface area (Å²) in [5, 5.41) is 5.27. The monoisotopic (exact) mass is 459 g/mol. The lowest BCUT2D eigenvalue weighted by Crippen LogP contribution is -2.21. The summed E-state index contributed by atoms with van der Waals surface area (Å²) in [5.41, 5.74) is 0.802. The van der Waals surface area contributed by atoms with E-state index in [1.54, 1.807) is 55.0 Å². The van der Waals surface area contributed by atoms with Gasteiger partial charge in [0.15, 0.2) is 0 Å². The van der Waals surface area contributed by atoms with Crippen molar-refractivity contribution in [3.8, 4) is 0 Å². The van der Waals surface area contributed by atoms with Crippen molar-refractivity contribution in [1.29, 1.82) is 0 Å². The number of nitrogens with one attached hydrogen (secondary N) is 1. The van der Waals surface area contributed by atoms with Crippen molar-refractivity contribution in [2.75, 3.05) is 0 Å². The minimum atomic E-state index is -3.73. The number of amides is 1. The number of sulfone groups is 1. The highest BCUT2D eigenvalue weighted by Crippen LogP contribution is 2.28. The fourth-order valence-electron chi connectivity index (χ4n) is 3.48. The maximum Gasteiger partial charge on any atom is 0.261 e. The van der Waals surface area contributed by atoms with Crippen LogP contribution in [0, 0.1) is 0 Å². The molecule has 5 aromatic rings. The van der Waals surface area contributed by atoms with Crippen LogP contribution in [0.4, 0.5) is 0 Å². The molecule has 32 heavy (non-hydrogen) atoms. The second-order valence-electron chi connectivity index (χ2n) is 7.21. The molecule has 3 aromatic heterocycles. The highest BCUT2D eigenvalue weighted by Gasteiger charge is 2.20. The first-order valence-corrected chi connectivity index (χ1v) is 12.1. The van der Waals surface area contributed by atoms with Crippen molar-refractivity contribution in [2.45, 2.75) is 16.3 Å². The van der Waals surface area contributed by atoms with Crippen molar-refractivity contribution in [1.82, 2.24) is 15.3 Å². The molecule has 158 valence electrons. The van der Waals surface area contributed by atoms with Crippen molar-refractivity contribution in [3.05, 3.63) is 95.9 Å². The second-order valence-corrected chi connectivity index (χ2v) is 10.2. The number of carbonyl (C=O) groups excluding carboxylic acids is 1. The molecular weight excluding hydrogens is 442 g/mol. The van der Waals surface area contributed by atoms with E-state index in [1.807, 2.05) is 24.3 Å². The summed E-state index contributed by atoms with van der Waals surface area (Å²) in [5.74, 6) is -0.176. The van der Waals surface area contributed by atoms with Crippen molar-refractivity contribution < 1.29 is 13.2 Å². The average Bonchev–Trinajstić information content (AvgIpc) is 3.27. The largest absolute Gasteiger partial charge is 0.347 e. The van der Waals surface area contributed by atoms with Gasteiger partial charge < -0.3 is 5.32 Å². The highest BCUT2D eigenvalue weighted by molar-refractivity contribution is 7.91. The van der Waals surface area contributed by atoms with E-state index in [0.29, 0.717) is 16.8 Å². The molecule has 0 aliphatic carbocycles. The SMILES string of the molecule is O=C(NCc1ccc(S(=O)(=O)c2cncc3ccccc23)cc1)c1cc2ccncc2s1. The number of benzene rings is 2. The molecular formula is C24H17N3O3S2. The summed E-state index contributed by atoms with van der Waals surface area (Å²) in [4.78, 5) is 21.6. The lowest BCUT2D eigenvalue weighted by Gasteiger charge is -2.09. The molecule has 0 spiro atoms. The molecule has 6 nitrogen and oxygen atoms in total. The Morgan fingerprint density at radius 3 is 2.53 bits per heavy atom. The highest BCUT2D eigenvalue weighted by atomic mass is 32.2. The van der Waals surface area contributed by atoms with Gasteiger partial charge in [0.05, 0.1) is 19.4 Å². The number of rotatable bonds is 5. The Morgan fingerprint density at radius 2 is 1.72 bits per heavy atom. The fourth-order valence-corrected chi connectivity index (χ4v) is 5.85.